The topological polar surface area (TPSA) is 70.7 Å². The van der Waals surface area contributed by atoms with E-state index in [4.69, 9.17) is 0 Å². The monoisotopic (exact) mass is 350 g/mol. The molecule has 2 N–H and O–H groups in total. The van der Waals surface area contributed by atoms with Crippen LogP contribution in [0.4, 0.5) is 14.5 Å². The molecular weight excluding hydrogens is 338 g/mol. The highest BCUT2D eigenvalue weighted by molar-refractivity contribution is 6.11. The summed E-state index contributed by atoms with van der Waals surface area (Å²) in [5, 5.41) is 10.1. The van der Waals surface area contributed by atoms with Crippen molar-refractivity contribution < 1.29 is 13.6 Å². The molecular formula is C19H12F2N4O. The summed E-state index contributed by atoms with van der Waals surface area (Å²) < 4.78 is 26.4. The van der Waals surface area contributed by atoms with Gasteiger partial charge < -0.3 is 5.32 Å². The molecule has 0 aliphatic heterocycles. The van der Waals surface area contributed by atoms with Gasteiger partial charge in [-0.2, -0.15) is 5.10 Å². The molecule has 0 aliphatic carbocycles. The van der Waals surface area contributed by atoms with E-state index in [-0.39, 0.29) is 11.5 Å². The van der Waals surface area contributed by atoms with Crippen LogP contribution in [-0.2, 0) is 0 Å². The minimum Gasteiger partial charge on any atom is -0.321 e. The molecule has 128 valence electrons. The molecule has 0 unspecified atom stereocenters. The van der Waals surface area contributed by atoms with Crippen molar-refractivity contribution in [2.75, 3.05) is 5.32 Å². The van der Waals surface area contributed by atoms with Gasteiger partial charge in [0.25, 0.3) is 5.91 Å². The quantitative estimate of drug-likeness (QED) is 0.583. The molecule has 0 spiro atoms. The highest BCUT2D eigenvalue weighted by atomic mass is 19.1. The number of rotatable bonds is 3. The van der Waals surface area contributed by atoms with Crippen molar-refractivity contribution >= 4 is 22.5 Å². The number of pyridine rings is 1. The van der Waals surface area contributed by atoms with E-state index in [1.807, 2.05) is 0 Å². The predicted molar refractivity (Wildman–Crippen MR) is 93.6 cm³/mol. The minimum absolute atomic E-state index is 0.190. The van der Waals surface area contributed by atoms with E-state index in [2.05, 4.69) is 20.5 Å². The van der Waals surface area contributed by atoms with E-state index in [0.29, 0.717) is 27.7 Å². The summed E-state index contributed by atoms with van der Waals surface area (Å²) in [6, 6.07) is 12.1. The molecule has 0 atom stereocenters. The Morgan fingerprint density at radius 2 is 1.73 bits per heavy atom. The van der Waals surface area contributed by atoms with Gasteiger partial charge in [-0.15, -0.1) is 0 Å². The summed E-state index contributed by atoms with van der Waals surface area (Å²) in [6.07, 6.45) is 2.67. The zero-order valence-electron chi connectivity index (χ0n) is 13.3. The van der Waals surface area contributed by atoms with Gasteiger partial charge in [-0.05, 0) is 48.0 Å². The fourth-order valence-corrected chi connectivity index (χ4v) is 2.66. The highest BCUT2D eigenvalue weighted by Crippen LogP contribution is 2.26. The van der Waals surface area contributed by atoms with Gasteiger partial charge in [0.15, 0.2) is 5.69 Å². The summed E-state index contributed by atoms with van der Waals surface area (Å²) in [4.78, 5) is 16.4. The highest BCUT2D eigenvalue weighted by Gasteiger charge is 2.15. The second kappa shape index (κ2) is 6.36. The number of hydrogen-bond donors (Lipinski definition) is 2. The normalized spacial score (nSPS) is 10.8. The number of carbonyl (C=O) groups is 1. The van der Waals surface area contributed by atoms with Crippen LogP contribution in [-0.4, -0.2) is 21.1 Å². The van der Waals surface area contributed by atoms with Crippen LogP contribution in [0.2, 0.25) is 0 Å². The summed E-state index contributed by atoms with van der Waals surface area (Å²) >= 11 is 0. The zero-order chi connectivity index (χ0) is 18.1. The molecule has 1 amide bonds. The Bertz CT molecular complexity index is 1110. The van der Waals surface area contributed by atoms with Crippen molar-refractivity contribution in [2.45, 2.75) is 0 Å². The van der Waals surface area contributed by atoms with Crippen LogP contribution in [0.25, 0.3) is 22.0 Å². The fourth-order valence-electron chi connectivity index (χ4n) is 2.66. The Morgan fingerprint density at radius 1 is 0.923 bits per heavy atom. The second-order valence-corrected chi connectivity index (χ2v) is 5.69. The Hall–Kier alpha value is -3.61. The van der Waals surface area contributed by atoms with Crippen molar-refractivity contribution in [1.82, 2.24) is 15.2 Å². The lowest BCUT2D eigenvalue weighted by atomic mass is 10.0. The number of fused-ring (bicyclic) bond motifs is 1. The van der Waals surface area contributed by atoms with Crippen molar-refractivity contribution in [3.05, 3.63) is 78.3 Å². The minimum atomic E-state index is -0.441. The van der Waals surface area contributed by atoms with Crippen LogP contribution >= 0.6 is 0 Å². The maximum atomic E-state index is 13.4. The third-order valence-corrected chi connectivity index (χ3v) is 3.92. The number of anilines is 1. The third kappa shape index (κ3) is 3.02. The number of nitrogens with one attached hydrogen (secondary N) is 2. The molecule has 0 radical (unpaired) electrons. The summed E-state index contributed by atoms with van der Waals surface area (Å²) in [5.41, 5.74) is 2.62. The Kier molecular flexibility index (Phi) is 3.89. The molecule has 26 heavy (non-hydrogen) atoms. The molecule has 0 fully saturated rings. The maximum absolute atomic E-state index is 13.4. The molecule has 4 rings (SSSR count). The van der Waals surface area contributed by atoms with E-state index in [0.717, 1.165) is 6.20 Å². The molecule has 2 heterocycles. The summed E-state index contributed by atoms with van der Waals surface area (Å²) in [7, 11) is 0. The van der Waals surface area contributed by atoms with Crippen LogP contribution in [0.15, 0.2) is 60.9 Å². The van der Waals surface area contributed by atoms with E-state index in [1.165, 1.54) is 30.3 Å². The first-order chi connectivity index (χ1) is 12.6. The molecule has 4 aromatic rings. The van der Waals surface area contributed by atoms with E-state index in [9.17, 15) is 13.6 Å². The SMILES string of the molecule is O=C(Nc1ccc(F)cc1)c1n[nH]c2ccc(-c3cncc(F)c3)cc12. The molecule has 0 aliphatic rings. The smallest absolute Gasteiger partial charge is 0.276 e. The van der Waals surface area contributed by atoms with Gasteiger partial charge in [0.1, 0.15) is 11.6 Å². The number of benzene rings is 2. The number of halogens is 2. The van der Waals surface area contributed by atoms with Gasteiger partial charge in [0, 0.05) is 22.8 Å². The standard InChI is InChI=1S/C19H12F2N4O/c20-13-2-4-15(5-3-13)23-19(26)18-16-8-11(1-6-17(16)24-25-18)12-7-14(21)10-22-9-12/h1-10H,(H,23,26)(H,24,25). The summed E-state index contributed by atoms with van der Waals surface area (Å²) in [5.74, 6) is -1.26. The maximum Gasteiger partial charge on any atom is 0.276 e. The van der Waals surface area contributed by atoms with Gasteiger partial charge >= 0.3 is 0 Å². The van der Waals surface area contributed by atoms with Crippen molar-refractivity contribution in [3.63, 3.8) is 0 Å². The molecule has 2 aromatic carbocycles. The Balaban J connectivity index is 1.70. The molecule has 2 aromatic heterocycles. The number of carbonyl (C=O) groups excluding carboxylic acids is 1. The van der Waals surface area contributed by atoms with Gasteiger partial charge in [0.05, 0.1) is 11.7 Å². The lowest BCUT2D eigenvalue weighted by Crippen LogP contribution is -2.12. The van der Waals surface area contributed by atoms with Gasteiger partial charge in [-0.3, -0.25) is 14.9 Å². The van der Waals surface area contributed by atoms with Crippen LogP contribution in [0, 0.1) is 11.6 Å². The third-order valence-electron chi connectivity index (χ3n) is 3.92. The van der Waals surface area contributed by atoms with Gasteiger partial charge in [-0.1, -0.05) is 6.07 Å². The van der Waals surface area contributed by atoms with Gasteiger partial charge in [-0.25, -0.2) is 8.78 Å². The number of aromatic nitrogens is 3. The number of amides is 1. The van der Waals surface area contributed by atoms with Crippen LogP contribution in [0.5, 0.6) is 0 Å². The lowest BCUT2D eigenvalue weighted by molar-refractivity contribution is 0.102. The lowest BCUT2D eigenvalue weighted by Gasteiger charge is -2.04. The number of H-pyrrole nitrogens is 1. The van der Waals surface area contributed by atoms with Crippen molar-refractivity contribution in [3.8, 4) is 11.1 Å². The summed E-state index contributed by atoms with van der Waals surface area (Å²) in [6.45, 7) is 0. The fraction of sp³-hybridized carbons (Fsp3) is 0. The van der Waals surface area contributed by atoms with Crippen LogP contribution < -0.4 is 5.32 Å². The zero-order valence-corrected chi connectivity index (χ0v) is 13.3. The van der Waals surface area contributed by atoms with Crippen molar-refractivity contribution in [1.29, 1.82) is 0 Å². The average Bonchev–Trinajstić information content (AvgIpc) is 3.07. The van der Waals surface area contributed by atoms with Crippen LogP contribution in [0.1, 0.15) is 10.5 Å². The number of hydrogen-bond acceptors (Lipinski definition) is 3. The molecule has 0 saturated carbocycles. The first kappa shape index (κ1) is 15.9. The molecule has 7 heteroatoms. The van der Waals surface area contributed by atoms with Crippen molar-refractivity contribution in [2.24, 2.45) is 0 Å². The Labute approximate surface area is 146 Å². The largest absolute Gasteiger partial charge is 0.321 e. The average molecular weight is 350 g/mol. The van der Waals surface area contributed by atoms with E-state index in [1.54, 1.807) is 24.4 Å². The van der Waals surface area contributed by atoms with E-state index >= 15 is 0 Å². The van der Waals surface area contributed by atoms with Crippen LogP contribution in [0.3, 0.4) is 0 Å². The Morgan fingerprint density at radius 3 is 2.50 bits per heavy atom. The first-order valence-electron chi connectivity index (χ1n) is 7.76. The number of aromatic amines is 1. The molecule has 0 saturated heterocycles. The van der Waals surface area contributed by atoms with E-state index < -0.39 is 11.7 Å². The second-order valence-electron chi connectivity index (χ2n) is 5.69. The predicted octanol–water partition coefficient (Wildman–Crippen LogP) is 4.16. The molecule has 5 nitrogen and oxygen atoms in total. The first-order valence-corrected chi connectivity index (χ1v) is 7.76. The number of nitrogens with zero attached hydrogens (tertiary/aromatic N) is 2. The molecule has 0 bridgehead atoms. The van der Waals surface area contributed by atoms with Gasteiger partial charge in [0.2, 0.25) is 0 Å².